The van der Waals surface area contributed by atoms with Crippen molar-refractivity contribution in [2.75, 3.05) is 40.3 Å². The third-order valence-electron chi connectivity index (χ3n) is 15.0. The van der Waals surface area contributed by atoms with E-state index in [-0.39, 0.29) is 48.7 Å². The largest absolute Gasteiger partial charge is 0.509 e. The maximum atomic E-state index is 14.5. The molecule has 0 unspecified atom stereocenters. The maximum absolute atomic E-state index is 14.5. The maximum Gasteiger partial charge on any atom is 0.509 e. The standard InChI is InChI=1S/C52H77N5O14/c1-13-40-52(8)46(70-50(62)71-52)31(4)41(55-65-12)29(2)27-51(7,64-11)45(69-48-43(59)39(56(9)10)25-30(3)66-48)32(5)44(33(6)47(60)67-40)68-49(61)53-24-18-16-14-15-17-19-34-20-23-36-38(26-34)57(35-21-22-35)28-37(54-63)42(36)58/h20,23,26,28-33,35,39-40,43-46,48,54,59,63H,13-16,18,21-22,24-25,27H2,1-12H3,(H,53,61)/b55-41+/t29-,30-,31+,32+,33-,39+,40-,43-,44+,45-,46-,48+,51-,52-/m1/s1. The molecule has 4 N–H and O–H groups in total. The number of likely N-dealkylation sites (N-methyl/N-ethyl adjacent to an activating group) is 1. The van der Waals surface area contributed by atoms with E-state index in [9.17, 15) is 29.5 Å². The number of fused-ring (bicyclic) bond motifs is 2. The lowest BCUT2D eigenvalue weighted by Gasteiger charge is -2.48. The molecule has 1 aliphatic carbocycles. The monoisotopic (exact) mass is 996 g/mol. The van der Waals surface area contributed by atoms with Gasteiger partial charge < -0.3 is 57.9 Å². The van der Waals surface area contributed by atoms with E-state index in [1.54, 1.807) is 33.2 Å². The summed E-state index contributed by atoms with van der Waals surface area (Å²) in [4.78, 5) is 61.6. The molecular formula is C52H77N5O14. The number of amides is 1. The molecule has 14 atom stereocenters. The summed E-state index contributed by atoms with van der Waals surface area (Å²) in [5, 5.41) is 29.1. The van der Waals surface area contributed by atoms with Crippen LogP contribution in [0.2, 0.25) is 0 Å². The van der Waals surface area contributed by atoms with Crippen LogP contribution in [0.25, 0.3) is 10.9 Å². The molecule has 6 rings (SSSR count). The lowest BCUT2D eigenvalue weighted by atomic mass is 9.73. The number of alkyl carbamates (subject to hydrolysis) is 1. The second kappa shape index (κ2) is 23.7. The number of oxime groups is 1. The summed E-state index contributed by atoms with van der Waals surface area (Å²) in [5.41, 5.74) is 1.32. The zero-order valence-electron chi connectivity index (χ0n) is 43.5. The van der Waals surface area contributed by atoms with Crippen LogP contribution >= 0.6 is 0 Å². The lowest BCUT2D eigenvalue weighted by Crippen LogP contribution is -2.60. The molecule has 19 heteroatoms. The number of nitrogens with zero attached hydrogens (tertiary/aromatic N) is 3. The highest BCUT2D eigenvalue weighted by Gasteiger charge is 2.59. The van der Waals surface area contributed by atoms with Gasteiger partial charge in [-0.05, 0) is 105 Å². The Hall–Kier alpha value is -4.97. The first-order chi connectivity index (χ1) is 33.7. The van der Waals surface area contributed by atoms with Crippen LogP contribution in [0, 0.1) is 35.5 Å². The van der Waals surface area contributed by atoms with Gasteiger partial charge in [0.1, 0.15) is 31.1 Å². The number of unbranched alkanes of at least 4 members (excludes halogenated alkanes) is 3. The number of benzene rings is 1. The molecular weight excluding hydrogens is 919 g/mol. The van der Waals surface area contributed by atoms with Gasteiger partial charge in [0, 0.05) is 67.1 Å². The topological polar surface area (TPSA) is 227 Å². The fraction of sp³-hybridized carbons (Fsp3) is 0.712. The Morgan fingerprint density at radius 2 is 1.76 bits per heavy atom. The van der Waals surface area contributed by atoms with Crippen molar-refractivity contribution in [2.24, 2.45) is 28.8 Å². The van der Waals surface area contributed by atoms with E-state index in [2.05, 4.69) is 22.3 Å². The fourth-order valence-corrected chi connectivity index (χ4v) is 10.9. The summed E-state index contributed by atoms with van der Waals surface area (Å²) in [7, 11) is 6.74. The van der Waals surface area contributed by atoms with Crippen molar-refractivity contribution in [1.29, 1.82) is 0 Å². The highest BCUT2D eigenvalue weighted by atomic mass is 16.8. The van der Waals surface area contributed by atoms with Crippen molar-refractivity contribution in [1.82, 2.24) is 14.8 Å². The van der Waals surface area contributed by atoms with Gasteiger partial charge in [-0.1, -0.05) is 51.1 Å². The average Bonchev–Trinajstić information content (AvgIpc) is 4.13. The zero-order valence-corrected chi connectivity index (χ0v) is 43.5. The Balaban J connectivity index is 1.22. The van der Waals surface area contributed by atoms with Gasteiger partial charge in [-0.25, -0.2) is 9.59 Å². The Bertz CT molecular complexity index is 2350. The minimum absolute atomic E-state index is 0.140. The molecule has 394 valence electrons. The van der Waals surface area contributed by atoms with Gasteiger partial charge in [0.2, 0.25) is 5.43 Å². The van der Waals surface area contributed by atoms with Crippen LogP contribution in [0.5, 0.6) is 0 Å². The molecule has 71 heavy (non-hydrogen) atoms. The number of pyridine rings is 1. The van der Waals surface area contributed by atoms with Gasteiger partial charge in [0.25, 0.3) is 0 Å². The number of esters is 1. The van der Waals surface area contributed by atoms with E-state index in [1.807, 2.05) is 82.7 Å². The molecule has 1 aromatic heterocycles. The number of hydrogen-bond donors (Lipinski definition) is 4. The first-order valence-electron chi connectivity index (χ1n) is 25.2. The van der Waals surface area contributed by atoms with Gasteiger partial charge in [0.15, 0.2) is 18.0 Å². The van der Waals surface area contributed by atoms with Crippen molar-refractivity contribution in [3.8, 4) is 11.8 Å². The van der Waals surface area contributed by atoms with Crippen molar-refractivity contribution < 1.29 is 62.7 Å². The van der Waals surface area contributed by atoms with Crippen LogP contribution in [0.4, 0.5) is 15.3 Å². The van der Waals surface area contributed by atoms with Gasteiger partial charge in [0.05, 0.1) is 35.0 Å². The quantitative estimate of drug-likeness (QED) is 0.0495. The van der Waals surface area contributed by atoms with Crippen molar-refractivity contribution in [3.63, 3.8) is 0 Å². The van der Waals surface area contributed by atoms with Crippen LogP contribution in [-0.4, -0.2) is 139 Å². The van der Waals surface area contributed by atoms with Crippen LogP contribution < -0.4 is 16.2 Å². The lowest BCUT2D eigenvalue weighted by molar-refractivity contribution is -0.301. The Morgan fingerprint density at radius 3 is 2.41 bits per heavy atom. The molecule has 0 radical (unpaired) electrons. The number of anilines is 1. The van der Waals surface area contributed by atoms with Crippen LogP contribution in [-0.2, 0) is 42.8 Å². The number of aromatic nitrogens is 1. The van der Waals surface area contributed by atoms with E-state index >= 15 is 0 Å². The predicted octanol–water partition coefficient (Wildman–Crippen LogP) is 6.93. The number of nitrogens with one attached hydrogen (secondary N) is 2. The zero-order chi connectivity index (χ0) is 51.9. The Kier molecular flexibility index (Phi) is 18.5. The average molecular weight is 996 g/mol. The number of carbonyl (C=O) groups is 3. The molecule has 2 aromatic rings. The SMILES string of the molecule is CC[C@H]1OC(=O)[C@H](C)[C@@H](OC(=O)NCCCCCC#Cc2ccc3c(=O)c(NO)cn(C4CC4)c3c2)[C@H](C)[C@@H](O[C@@H]2O[C@H](C)C[C@H](N(C)C)[C@H]2O)[C@](C)(OC)C[C@@H](C)/C(=N\OC)[C@H](C)[C@H]2OC(=O)O[C@@]21C. The van der Waals surface area contributed by atoms with Crippen molar-refractivity contribution >= 4 is 40.5 Å². The second-order valence-corrected chi connectivity index (χ2v) is 20.6. The summed E-state index contributed by atoms with van der Waals surface area (Å²) in [6, 6.07) is 5.44. The van der Waals surface area contributed by atoms with Crippen LogP contribution in [0.3, 0.4) is 0 Å². The van der Waals surface area contributed by atoms with Crippen LogP contribution in [0.15, 0.2) is 34.3 Å². The molecule has 1 aromatic carbocycles. The summed E-state index contributed by atoms with van der Waals surface area (Å²) < 4.78 is 45.9. The van der Waals surface area contributed by atoms with Crippen molar-refractivity contribution in [2.45, 2.75) is 179 Å². The van der Waals surface area contributed by atoms with E-state index in [0.29, 0.717) is 30.4 Å². The first kappa shape index (κ1) is 55.3. The molecule has 4 heterocycles. The van der Waals surface area contributed by atoms with Gasteiger partial charge in [-0.15, -0.1) is 0 Å². The molecule has 4 aliphatic rings. The molecule has 19 nitrogen and oxygen atoms in total. The van der Waals surface area contributed by atoms with Crippen LogP contribution in [0.1, 0.15) is 125 Å². The van der Waals surface area contributed by atoms with E-state index in [0.717, 1.165) is 36.8 Å². The first-order valence-corrected chi connectivity index (χ1v) is 25.2. The molecule has 3 aliphatic heterocycles. The minimum atomic E-state index is -1.43. The van der Waals surface area contributed by atoms with E-state index in [1.165, 1.54) is 7.11 Å². The third kappa shape index (κ3) is 12.5. The number of carbonyl (C=O) groups excluding carboxylic acids is 3. The number of aliphatic hydroxyl groups is 1. The summed E-state index contributed by atoms with van der Waals surface area (Å²) in [5.74, 6) is 2.83. The third-order valence-corrected chi connectivity index (χ3v) is 15.0. The number of hydrogen-bond acceptors (Lipinski definition) is 17. The highest BCUT2D eigenvalue weighted by molar-refractivity contribution is 5.89. The highest BCUT2D eigenvalue weighted by Crippen LogP contribution is 2.43. The van der Waals surface area contributed by atoms with E-state index < -0.39 is 89.9 Å². The number of rotatable bonds is 14. The number of aliphatic hydroxyl groups excluding tert-OH is 1. The normalized spacial score (nSPS) is 34.3. The van der Waals surface area contributed by atoms with Crippen molar-refractivity contribution in [3.05, 3.63) is 40.2 Å². The minimum Gasteiger partial charge on any atom is -0.458 e. The predicted molar refractivity (Wildman–Crippen MR) is 264 cm³/mol. The van der Waals surface area contributed by atoms with Gasteiger partial charge in [-0.2, -0.15) is 0 Å². The molecule has 3 saturated heterocycles. The van der Waals surface area contributed by atoms with Gasteiger partial charge >= 0.3 is 18.2 Å². The molecule has 0 bridgehead atoms. The fourth-order valence-electron chi connectivity index (χ4n) is 10.9. The smallest absolute Gasteiger partial charge is 0.458 e. The molecule has 1 amide bonds. The summed E-state index contributed by atoms with van der Waals surface area (Å²) >= 11 is 0. The number of cyclic esters (lactones) is 1. The molecule has 4 fully saturated rings. The number of ether oxygens (including phenoxy) is 7. The van der Waals surface area contributed by atoms with Gasteiger partial charge in [-0.3, -0.25) is 20.3 Å². The summed E-state index contributed by atoms with van der Waals surface area (Å²) in [6.07, 6.45) is -0.794. The van der Waals surface area contributed by atoms with E-state index in [4.69, 9.17) is 38.0 Å². The molecule has 0 spiro atoms. The summed E-state index contributed by atoms with van der Waals surface area (Å²) in [6.45, 7) is 14.8. The Labute approximate surface area is 417 Å². The number of methoxy groups -OCH3 is 1. The molecule has 1 saturated carbocycles. The second-order valence-electron chi connectivity index (χ2n) is 20.6. The Morgan fingerprint density at radius 1 is 1.03 bits per heavy atom.